The van der Waals surface area contributed by atoms with Crippen LogP contribution >= 0.6 is 38.5 Å². The van der Waals surface area contributed by atoms with E-state index < -0.39 is 5.91 Å². The summed E-state index contributed by atoms with van der Waals surface area (Å²) in [6.07, 6.45) is 1.57. The van der Waals surface area contributed by atoms with Crippen molar-refractivity contribution in [2.75, 3.05) is 7.11 Å². The number of methoxy groups -OCH3 is 1. The largest absolute Gasteiger partial charge is 0.497 e. The first-order chi connectivity index (χ1) is 15.5. The summed E-state index contributed by atoms with van der Waals surface area (Å²) < 4.78 is 12.7. The van der Waals surface area contributed by atoms with Gasteiger partial charge < -0.3 is 14.8 Å². The number of halogens is 2. The molecule has 0 aliphatic heterocycles. The average molecular weight is 603 g/mol. The topological polar surface area (TPSA) is 71.3 Å². The lowest BCUT2D eigenvalue weighted by Gasteiger charge is -2.12. The van der Waals surface area contributed by atoms with Crippen molar-refractivity contribution in [3.8, 4) is 17.6 Å². The van der Waals surface area contributed by atoms with Crippen LogP contribution < -0.4 is 14.8 Å². The molecule has 1 amide bonds. The SMILES string of the molecule is COc1ccc(CNC(=O)/C(C#N)=C/c2cc(Br)c(OCc3ccccc3)c(I)c2)cc1. The van der Waals surface area contributed by atoms with Gasteiger partial charge in [-0.15, -0.1) is 0 Å². The number of hydrogen-bond donors (Lipinski definition) is 1. The molecule has 5 nitrogen and oxygen atoms in total. The lowest BCUT2D eigenvalue weighted by atomic mass is 10.1. The van der Waals surface area contributed by atoms with Gasteiger partial charge in [0, 0.05) is 6.54 Å². The molecule has 0 atom stereocenters. The van der Waals surface area contributed by atoms with Crippen molar-refractivity contribution in [3.63, 3.8) is 0 Å². The fourth-order valence-corrected chi connectivity index (χ4v) is 4.64. The summed E-state index contributed by atoms with van der Waals surface area (Å²) in [5.41, 5.74) is 2.73. The lowest BCUT2D eigenvalue weighted by molar-refractivity contribution is -0.117. The summed E-state index contributed by atoms with van der Waals surface area (Å²) in [6.45, 7) is 0.761. The third-order valence-electron chi connectivity index (χ3n) is 4.53. The molecule has 0 aliphatic rings. The molecule has 0 fully saturated rings. The number of benzene rings is 3. The van der Waals surface area contributed by atoms with Gasteiger partial charge in [-0.3, -0.25) is 4.79 Å². The van der Waals surface area contributed by atoms with Crippen LogP contribution in [-0.2, 0) is 17.9 Å². The molecule has 3 rings (SSSR count). The predicted molar refractivity (Wildman–Crippen MR) is 136 cm³/mol. The van der Waals surface area contributed by atoms with Gasteiger partial charge in [0.1, 0.15) is 29.7 Å². The summed E-state index contributed by atoms with van der Waals surface area (Å²) in [6, 6.07) is 23.0. The zero-order chi connectivity index (χ0) is 22.9. The predicted octanol–water partition coefficient (Wildman–Crippen LogP) is 5.86. The second-order valence-electron chi connectivity index (χ2n) is 6.79. The van der Waals surface area contributed by atoms with Gasteiger partial charge in [0.25, 0.3) is 5.91 Å². The Labute approximate surface area is 209 Å². The van der Waals surface area contributed by atoms with Crippen LogP contribution in [0.5, 0.6) is 11.5 Å². The van der Waals surface area contributed by atoms with Crippen LogP contribution in [-0.4, -0.2) is 13.0 Å². The van der Waals surface area contributed by atoms with E-state index in [2.05, 4.69) is 43.8 Å². The fourth-order valence-electron chi connectivity index (χ4n) is 2.87. The molecule has 0 spiro atoms. The molecule has 0 aromatic heterocycles. The molecule has 0 saturated heterocycles. The van der Waals surface area contributed by atoms with E-state index in [4.69, 9.17) is 9.47 Å². The molecule has 3 aromatic rings. The molecule has 0 radical (unpaired) electrons. The van der Waals surface area contributed by atoms with Gasteiger partial charge in [0.15, 0.2) is 0 Å². The number of carbonyl (C=O) groups excluding carboxylic acids is 1. The van der Waals surface area contributed by atoms with E-state index in [1.54, 1.807) is 13.2 Å². The Morgan fingerprint density at radius 1 is 1.12 bits per heavy atom. The standard InChI is InChI=1S/C25H20BrIN2O3/c1-31-21-9-7-17(8-10-21)15-29-25(30)20(14-28)11-19-12-22(26)24(23(27)13-19)32-16-18-5-3-2-4-6-18/h2-13H,15-16H2,1H3,(H,29,30)/b20-11+. The number of hydrogen-bond acceptors (Lipinski definition) is 4. The smallest absolute Gasteiger partial charge is 0.262 e. The van der Waals surface area contributed by atoms with Crippen molar-refractivity contribution in [1.29, 1.82) is 5.26 Å². The van der Waals surface area contributed by atoms with Crippen LogP contribution in [0.15, 0.2) is 76.8 Å². The van der Waals surface area contributed by atoms with Gasteiger partial charge in [-0.1, -0.05) is 42.5 Å². The maximum Gasteiger partial charge on any atom is 0.262 e. The highest BCUT2D eigenvalue weighted by atomic mass is 127. The van der Waals surface area contributed by atoms with E-state index in [0.29, 0.717) is 18.9 Å². The van der Waals surface area contributed by atoms with Crippen LogP contribution in [0.1, 0.15) is 16.7 Å². The van der Waals surface area contributed by atoms with E-state index in [1.165, 1.54) is 0 Å². The first-order valence-electron chi connectivity index (χ1n) is 9.69. The minimum atomic E-state index is -0.432. The van der Waals surface area contributed by atoms with Gasteiger partial charge in [0.05, 0.1) is 15.2 Å². The first kappa shape index (κ1) is 23.8. The van der Waals surface area contributed by atoms with Crippen molar-refractivity contribution in [3.05, 3.63) is 97.0 Å². The molecule has 32 heavy (non-hydrogen) atoms. The van der Waals surface area contributed by atoms with Gasteiger partial charge in [-0.25, -0.2) is 0 Å². The van der Waals surface area contributed by atoms with Crippen molar-refractivity contribution in [1.82, 2.24) is 5.32 Å². The quantitative estimate of drug-likeness (QED) is 0.199. The summed E-state index contributed by atoms with van der Waals surface area (Å²) in [4.78, 5) is 12.5. The Hall–Kier alpha value is -2.83. The first-order valence-corrected chi connectivity index (χ1v) is 11.6. The van der Waals surface area contributed by atoms with Gasteiger partial charge in [-0.2, -0.15) is 5.26 Å². The monoisotopic (exact) mass is 602 g/mol. The normalized spacial score (nSPS) is 10.9. The highest BCUT2D eigenvalue weighted by molar-refractivity contribution is 14.1. The molecule has 3 aromatic carbocycles. The van der Waals surface area contributed by atoms with E-state index in [-0.39, 0.29) is 5.57 Å². The highest BCUT2D eigenvalue weighted by Gasteiger charge is 2.12. The van der Waals surface area contributed by atoms with E-state index >= 15 is 0 Å². The number of nitriles is 1. The third kappa shape index (κ3) is 6.58. The van der Waals surface area contributed by atoms with Crippen molar-refractivity contribution in [2.45, 2.75) is 13.2 Å². The third-order valence-corrected chi connectivity index (χ3v) is 5.93. The number of ether oxygens (including phenoxy) is 2. The molecule has 7 heteroatoms. The molecule has 0 heterocycles. The Morgan fingerprint density at radius 3 is 2.47 bits per heavy atom. The van der Waals surface area contributed by atoms with Crippen LogP contribution in [0.25, 0.3) is 6.08 Å². The Kier molecular flexibility index (Phi) is 8.71. The zero-order valence-electron chi connectivity index (χ0n) is 17.3. The molecule has 0 saturated carbocycles. The number of carbonyl (C=O) groups is 1. The van der Waals surface area contributed by atoms with E-state index in [1.807, 2.05) is 72.8 Å². The number of nitrogens with one attached hydrogen (secondary N) is 1. The number of amides is 1. The van der Waals surface area contributed by atoms with Gasteiger partial charge in [-0.05, 0) is 85.6 Å². The lowest BCUT2D eigenvalue weighted by Crippen LogP contribution is -2.23. The van der Waals surface area contributed by atoms with Crippen molar-refractivity contribution >= 4 is 50.5 Å². The molecule has 0 aliphatic carbocycles. The van der Waals surface area contributed by atoms with E-state index in [9.17, 15) is 10.1 Å². The number of rotatable bonds is 8. The molecule has 1 N–H and O–H groups in total. The highest BCUT2D eigenvalue weighted by Crippen LogP contribution is 2.33. The van der Waals surface area contributed by atoms with Crippen molar-refractivity contribution in [2.24, 2.45) is 0 Å². The summed E-state index contributed by atoms with van der Waals surface area (Å²) in [5, 5.41) is 12.3. The minimum absolute atomic E-state index is 0.0270. The summed E-state index contributed by atoms with van der Waals surface area (Å²) in [5.74, 6) is 1.03. The number of nitrogens with zero attached hydrogens (tertiary/aromatic N) is 1. The second kappa shape index (κ2) is 11.7. The Balaban J connectivity index is 1.68. The Morgan fingerprint density at radius 2 is 1.84 bits per heavy atom. The van der Waals surface area contributed by atoms with Crippen molar-refractivity contribution < 1.29 is 14.3 Å². The van der Waals surface area contributed by atoms with Crippen LogP contribution in [0.3, 0.4) is 0 Å². The molecular weight excluding hydrogens is 583 g/mol. The van der Waals surface area contributed by atoms with Crippen LogP contribution in [0.4, 0.5) is 0 Å². The Bertz CT molecular complexity index is 1130. The molecule has 0 bridgehead atoms. The minimum Gasteiger partial charge on any atom is -0.497 e. The van der Waals surface area contributed by atoms with Gasteiger partial charge in [0.2, 0.25) is 0 Å². The van der Waals surface area contributed by atoms with Crippen LogP contribution in [0, 0.1) is 14.9 Å². The average Bonchev–Trinajstić information content (AvgIpc) is 2.81. The molecule has 162 valence electrons. The summed E-state index contributed by atoms with van der Waals surface area (Å²) in [7, 11) is 1.60. The van der Waals surface area contributed by atoms with Crippen LogP contribution in [0.2, 0.25) is 0 Å². The maximum absolute atomic E-state index is 12.5. The summed E-state index contributed by atoms with van der Waals surface area (Å²) >= 11 is 5.72. The zero-order valence-corrected chi connectivity index (χ0v) is 21.0. The fraction of sp³-hybridized carbons (Fsp3) is 0.120. The van der Waals surface area contributed by atoms with Gasteiger partial charge >= 0.3 is 0 Å². The molecular formula is C25H20BrIN2O3. The molecule has 0 unspecified atom stereocenters. The maximum atomic E-state index is 12.5. The van der Waals surface area contributed by atoms with E-state index in [0.717, 1.165) is 30.5 Å². The second-order valence-corrected chi connectivity index (χ2v) is 8.81.